The third kappa shape index (κ3) is 9.14. The van der Waals surface area contributed by atoms with Crippen molar-refractivity contribution >= 4 is 23.9 Å². The van der Waals surface area contributed by atoms with Crippen LogP contribution in [0.5, 0.6) is 5.75 Å². The van der Waals surface area contributed by atoms with Crippen LogP contribution in [0.25, 0.3) is 22.5 Å². The highest BCUT2D eigenvalue weighted by Gasteiger charge is 2.38. The minimum absolute atomic E-state index is 0.00601. The van der Waals surface area contributed by atoms with Crippen LogP contribution in [0, 0.1) is 11.8 Å². The number of rotatable bonds is 14. The maximum atomic E-state index is 13.6. The van der Waals surface area contributed by atoms with Gasteiger partial charge in [-0.2, -0.15) is 0 Å². The third-order valence-electron chi connectivity index (χ3n) is 11.9. The molecule has 2 fully saturated rings. The van der Waals surface area contributed by atoms with E-state index in [-0.39, 0.29) is 41.7 Å². The molecule has 3 aliphatic rings. The monoisotopic (exact) mass is 808 g/mol. The zero-order valence-corrected chi connectivity index (χ0v) is 34.7. The summed E-state index contributed by atoms with van der Waals surface area (Å²) in [5, 5.41) is 5.39. The van der Waals surface area contributed by atoms with Crippen molar-refractivity contribution < 1.29 is 33.4 Å². The molecule has 15 nitrogen and oxygen atoms in total. The van der Waals surface area contributed by atoms with Crippen LogP contribution in [0.2, 0.25) is 0 Å². The van der Waals surface area contributed by atoms with Crippen molar-refractivity contribution in [2.75, 3.05) is 33.9 Å². The number of imidazole rings is 2. The first kappa shape index (κ1) is 41.5. The van der Waals surface area contributed by atoms with Gasteiger partial charge >= 0.3 is 12.2 Å². The molecule has 3 amide bonds. The molecule has 4 N–H and O–H groups in total. The summed E-state index contributed by atoms with van der Waals surface area (Å²) in [4.78, 5) is 71.1. The Morgan fingerprint density at radius 3 is 2.05 bits per heavy atom. The van der Waals surface area contributed by atoms with Crippen LogP contribution in [-0.2, 0) is 25.5 Å². The van der Waals surface area contributed by atoms with Crippen LogP contribution in [0.15, 0.2) is 54.9 Å². The van der Waals surface area contributed by atoms with Crippen molar-refractivity contribution in [1.82, 2.24) is 40.4 Å². The van der Waals surface area contributed by atoms with Crippen molar-refractivity contribution in [1.29, 1.82) is 0 Å². The van der Waals surface area contributed by atoms with E-state index in [1.54, 1.807) is 0 Å². The summed E-state index contributed by atoms with van der Waals surface area (Å²) in [7, 11) is 2.59. The average molecular weight is 809 g/mol. The molecule has 2 aromatic carbocycles. The van der Waals surface area contributed by atoms with Crippen molar-refractivity contribution in [2.24, 2.45) is 11.8 Å². The number of ketones is 1. The Kier molecular flexibility index (Phi) is 12.7. The molecule has 314 valence electrons. The number of likely N-dealkylation sites (tertiary alicyclic amines) is 2. The number of hydrogen-bond donors (Lipinski definition) is 4. The number of hydrogen-bond acceptors (Lipinski definition) is 10. The van der Waals surface area contributed by atoms with E-state index in [0.29, 0.717) is 19.5 Å². The van der Waals surface area contributed by atoms with Crippen LogP contribution >= 0.6 is 0 Å². The first-order valence-corrected chi connectivity index (χ1v) is 20.7. The highest BCUT2D eigenvalue weighted by Crippen LogP contribution is 2.40. The topological polar surface area (TPSA) is 184 Å². The number of ether oxygens (including phenoxy) is 3. The van der Waals surface area contributed by atoms with Gasteiger partial charge in [0.05, 0.1) is 56.1 Å². The Balaban J connectivity index is 0.960. The molecule has 59 heavy (non-hydrogen) atoms. The van der Waals surface area contributed by atoms with Gasteiger partial charge in [0, 0.05) is 31.5 Å². The molecule has 0 radical (unpaired) electrons. The number of aromatic amines is 2. The fraction of sp³-hybridized carbons (Fsp3) is 0.500. The second-order valence-corrected chi connectivity index (χ2v) is 16.4. The lowest BCUT2D eigenvalue weighted by Gasteiger charge is -2.30. The third-order valence-corrected chi connectivity index (χ3v) is 11.9. The normalized spacial score (nSPS) is 20.0. The summed E-state index contributed by atoms with van der Waals surface area (Å²) in [5.74, 6) is 2.18. The standard InChI is InChI=1S/C44H56N8O7/c1-25(2)38(49-43(55)57-5)35(53)17-20-51-18-7-9-33(51)40-45-23-31(47-40)27-11-13-28(14-12-27)37-22-30-21-29(15-16-36(30)59-37)32-24-46-41(48-32)34-10-8-19-52(34)42(54)39(26(3)4)50-44(56)58-6/h11-16,21,23-26,33-34,37-39H,7-10,17-20,22H2,1-6H3,(H,45,47)(H,46,48)(H,49,55)(H,50,56)/t33-,34-,37?,38-,39-/m0/s1. The number of benzene rings is 2. The molecule has 3 aliphatic heterocycles. The summed E-state index contributed by atoms with van der Waals surface area (Å²) >= 11 is 0. The number of H-pyrrole nitrogens is 2. The van der Waals surface area contributed by atoms with E-state index in [4.69, 9.17) is 24.2 Å². The van der Waals surface area contributed by atoms with Gasteiger partial charge in [0.2, 0.25) is 5.91 Å². The van der Waals surface area contributed by atoms with Gasteiger partial charge in [0.15, 0.2) is 5.78 Å². The number of carbonyl (C=O) groups excluding carboxylic acids is 4. The Hall–Kier alpha value is -5.70. The molecular formula is C44H56N8O7. The molecule has 5 heterocycles. The second-order valence-electron chi connectivity index (χ2n) is 16.4. The average Bonchev–Trinajstić information content (AvgIpc) is 4.09. The maximum absolute atomic E-state index is 13.6. The van der Waals surface area contributed by atoms with Gasteiger partial charge in [-0.1, -0.05) is 52.0 Å². The highest BCUT2D eigenvalue weighted by molar-refractivity contribution is 5.88. The van der Waals surface area contributed by atoms with Crippen molar-refractivity contribution in [3.8, 4) is 28.3 Å². The van der Waals surface area contributed by atoms with Gasteiger partial charge < -0.3 is 39.7 Å². The molecule has 1 unspecified atom stereocenters. The first-order valence-electron chi connectivity index (χ1n) is 20.7. The quantitative estimate of drug-likeness (QED) is 0.107. The summed E-state index contributed by atoms with van der Waals surface area (Å²) in [6.45, 7) is 9.70. The molecule has 0 bridgehead atoms. The molecule has 15 heteroatoms. The molecule has 2 aromatic heterocycles. The second kappa shape index (κ2) is 18.1. The number of amides is 3. The molecule has 5 atom stereocenters. The largest absolute Gasteiger partial charge is 0.485 e. The zero-order valence-electron chi connectivity index (χ0n) is 34.7. The number of Topliss-reactive ketones (excluding diaryl/α,β-unsaturated/α-hetero) is 1. The van der Waals surface area contributed by atoms with Gasteiger partial charge in [-0.15, -0.1) is 0 Å². The van der Waals surface area contributed by atoms with Crippen LogP contribution in [0.3, 0.4) is 0 Å². The molecule has 0 saturated carbocycles. The van der Waals surface area contributed by atoms with Gasteiger partial charge in [-0.3, -0.25) is 14.5 Å². The number of fused-ring (bicyclic) bond motifs is 1. The summed E-state index contributed by atoms with van der Waals surface area (Å²) < 4.78 is 15.9. The maximum Gasteiger partial charge on any atom is 0.407 e. The minimum atomic E-state index is -0.690. The zero-order chi connectivity index (χ0) is 41.8. The van der Waals surface area contributed by atoms with E-state index in [2.05, 4.69) is 55.8 Å². The number of nitrogens with zero attached hydrogens (tertiary/aromatic N) is 4. The summed E-state index contributed by atoms with van der Waals surface area (Å²) in [6, 6.07) is 13.2. The van der Waals surface area contributed by atoms with E-state index < -0.39 is 24.3 Å². The van der Waals surface area contributed by atoms with Crippen LogP contribution in [0.1, 0.15) is 101 Å². The number of aromatic nitrogens is 4. The van der Waals surface area contributed by atoms with Crippen LogP contribution in [0.4, 0.5) is 9.59 Å². The van der Waals surface area contributed by atoms with Crippen molar-refractivity contribution in [2.45, 2.75) is 96.5 Å². The fourth-order valence-electron chi connectivity index (χ4n) is 8.60. The first-order chi connectivity index (χ1) is 28.4. The lowest BCUT2D eigenvalue weighted by molar-refractivity contribution is -0.135. The number of alkyl carbamates (subject to hydrolysis) is 2. The smallest absolute Gasteiger partial charge is 0.407 e. The fourth-order valence-corrected chi connectivity index (χ4v) is 8.60. The van der Waals surface area contributed by atoms with Gasteiger partial charge in [-0.25, -0.2) is 19.6 Å². The van der Waals surface area contributed by atoms with E-state index in [1.807, 2.05) is 57.1 Å². The molecule has 0 spiro atoms. The van der Waals surface area contributed by atoms with E-state index in [1.165, 1.54) is 14.2 Å². The van der Waals surface area contributed by atoms with Crippen LogP contribution < -0.4 is 15.4 Å². The summed E-state index contributed by atoms with van der Waals surface area (Å²) in [5.41, 5.74) is 6.00. The highest BCUT2D eigenvalue weighted by atomic mass is 16.5. The van der Waals surface area contributed by atoms with E-state index in [9.17, 15) is 19.2 Å². The SMILES string of the molecule is COC(=O)N[C@H](C(=O)CCN1CCC[C@H]1c1ncc(-c2ccc(C3Cc4cc(-c5cnc([C@@H]6CCCN6C(=O)[C@@H](NC(=O)OC)C(C)C)[nH]5)ccc4O3)cc2)[nH]1)C(C)C. The minimum Gasteiger partial charge on any atom is -0.485 e. The van der Waals surface area contributed by atoms with Gasteiger partial charge in [0.1, 0.15) is 29.5 Å². The molecule has 7 rings (SSSR count). The van der Waals surface area contributed by atoms with Gasteiger partial charge in [0.25, 0.3) is 0 Å². The summed E-state index contributed by atoms with van der Waals surface area (Å²) in [6.07, 6.45) is 7.01. The Morgan fingerprint density at radius 1 is 0.797 bits per heavy atom. The number of carbonyl (C=O) groups is 4. The predicted octanol–water partition coefficient (Wildman–Crippen LogP) is 6.66. The molecule has 2 saturated heterocycles. The number of methoxy groups -OCH3 is 2. The Labute approximate surface area is 345 Å². The number of nitrogens with one attached hydrogen (secondary N) is 4. The molecular weight excluding hydrogens is 753 g/mol. The van der Waals surface area contributed by atoms with Crippen molar-refractivity contribution in [3.63, 3.8) is 0 Å². The predicted molar refractivity (Wildman–Crippen MR) is 220 cm³/mol. The molecule has 0 aliphatic carbocycles. The Bertz CT molecular complexity index is 2130. The van der Waals surface area contributed by atoms with Gasteiger partial charge in [-0.05, 0) is 79.0 Å². The Morgan fingerprint density at radius 2 is 1.39 bits per heavy atom. The lowest BCUT2D eigenvalue weighted by Crippen LogP contribution is -2.51. The molecule has 4 aromatic rings. The van der Waals surface area contributed by atoms with Crippen molar-refractivity contribution in [3.05, 3.63) is 77.6 Å². The van der Waals surface area contributed by atoms with Crippen LogP contribution in [-0.4, -0.2) is 99.6 Å². The van der Waals surface area contributed by atoms with E-state index in [0.717, 1.165) is 89.7 Å². The lowest BCUT2D eigenvalue weighted by atomic mass is 9.98. The van der Waals surface area contributed by atoms with E-state index >= 15 is 0 Å².